The summed E-state index contributed by atoms with van der Waals surface area (Å²) in [5.41, 5.74) is 7.05. The number of rotatable bonds is 13. The van der Waals surface area contributed by atoms with Crippen LogP contribution in [0.1, 0.15) is 56.6 Å². The lowest BCUT2D eigenvalue weighted by Crippen LogP contribution is -2.49. The summed E-state index contributed by atoms with van der Waals surface area (Å²) in [5.74, 6) is -0.963. The molecule has 0 fully saturated rings. The molecular weight excluding hydrogens is 398 g/mol. The molecule has 0 aliphatic rings. The van der Waals surface area contributed by atoms with Gasteiger partial charge in [0.15, 0.2) is 9.84 Å². The van der Waals surface area contributed by atoms with E-state index in [1.807, 2.05) is 24.3 Å². The van der Waals surface area contributed by atoms with Crippen molar-refractivity contribution in [2.24, 2.45) is 5.73 Å². The van der Waals surface area contributed by atoms with Crippen LogP contribution in [-0.4, -0.2) is 30.8 Å². The zero-order valence-electron chi connectivity index (χ0n) is 17.7. The maximum Gasteiger partial charge on any atom is 0.324 e. The lowest BCUT2D eigenvalue weighted by molar-refractivity contribution is -0.143. The second kappa shape index (κ2) is 11.3. The van der Waals surface area contributed by atoms with Crippen LogP contribution in [-0.2, 0) is 27.5 Å². The van der Waals surface area contributed by atoms with E-state index in [-0.39, 0.29) is 12.2 Å². The summed E-state index contributed by atoms with van der Waals surface area (Å²) < 4.78 is 24.6. The Hall–Kier alpha value is -2.18. The largest absolute Gasteiger partial charge is 0.480 e. The molecule has 164 valence electrons. The van der Waals surface area contributed by atoms with Crippen molar-refractivity contribution >= 4 is 15.8 Å². The first-order chi connectivity index (χ1) is 14.3. The predicted molar refractivity (Wildman–Crippen MR) is 120 cm³/mol. The minimum atomic E-state index is -3.30. The zero-order valence-corrected chi connectivity index (χ0v) is 18.5. The molecule has 0 radical (unpaired) electrons. The molecule has 2 aromatic rings. The summed E-state index contributed by atoms with van der Waals surface area (Å²) in [6.07, 6.45) is 5.54. The Bertz CT molecular complexity index is 895. The first-order valence-electron chi connectivity index (χ1n) is 10.6. The Morgan fingerprint density at radius 1 is 0.933 bits per heavy atom. The molecule has 6 heteroatoms. The lowest BCUT2D eigenvalue weighted by Gasteiger charge is -2.25. The van der Waals surface area contributed by atoms with Crippen LogP contribution in [0.2, 0.25) is 0 Å². The molecule has 0 spiro atoms. The van der Waals surface area contributed by atoms with Crippen LogP contribution in [0.3, 0.4) is 0 Å². The van der Waals surface area contributed by atoms with Crippen LogP contribution in [0, 0.1) is 0 Å². The maximum absolute atomic E-state index is 12.3. The first-order valence-corrected chi connectivity index (χ1v) is 12.3. The highest BCUT2D eigenvalue weighted by Gasteiger charge is 2.33. The molecule has 2 rings (SSSR count). The Morgan fingerprint density at radius 2 is 1.57 bits per heavy atom. The van der Waals surface area contributed by atoms with Gasteiger partial charge < -0.3 is 10.8 Å². The second-order valence-electron chi connectivity index (χ2n) is 8.00. The summed E-state index contributed by atoms with van der Waals surface area (Å²) >= 11 is 0. The Kier molecular flexibility index (Phi) is 9.06. The zero-order chi connectivity index (χ0) is 22.0. The minimum Gasteiger partial charge on any atom is -0.480 e. The molecule has 0 saturated carbocycles. The average Bonchev–Trinajstić information content (AvgIpc) is 2.73. The van der Waals surface area contributed by atoms with E-state index in [1.54, 1.807) is 30.3 Å². The van der Waals surface area contributed by atoms with E-state index in [9.17, 15) is 18.3 Å². The summed E-state index contributed by atoms with van der Waals surface area (Å²) in [6, 6.07) is 16.4. The van der Waals surface area contributed by atoms with Crippen LogP contribution >= 0.6 is 0 Å². The number of aryl methyl sites for hydroxylation is 1. The normalized spacial score (nSPS) is 13.7. The highest BCUT2D eigenvalue weighted by molar-refractivity contribution is 7.91. The van der Waals surface area contributed by atoms with E-state index in [0.29, 0.717) is 30.6 Å². The second-order valence-corrected chi connectivity index (χ2v) is 10.1. The molecule has 5 nitrogen and oxygen atoms in total. The van der Waals surface area contributed by atoms with E-state index in [2.05, 4.69) is 6.92 Å². The van der Waals surface area contributed by atoms with Crippen molar-refractivity contribution < 1.29 is 18.3 Å². The Morgan fingerprint density at radius 3 is 2.17 bits per heavy atom. The molecule has 0 aliphatic heterocycles. The predicted octanol–water partition coefficient (Wildman–Crippen LogP) is 4.39. The number of hydrogen-bond acceptors (Lipinski definition) is 4. The molecule has 0 aromatic heterocycles. The fourth-order valence-electron chi connectivity index (χ4n) is 3.49. The van der Waals surface area contributed by atoms with Crippen molar-refractivity contribution in [1.29, 1.82) is 0 Å². The monoisotopic (exact) mass is 431 g/mol. The molecular formula is C24H33NO4S. The smallest absolute Gasteiger partial charge is 0.324 e. The molecule has 30 heavy (non-hydrogen) atoms. The Labute approximate surface area is 180 Å². The van der Waals surface area contributed by atoms with Gasteiger partial charge in [0.25, 0.3) is 0 Å². The first kappa shape index (κ1) is 24.1. The summed E-state index contributed by atoms with van der Waals surface area (Å²) in [5, 5.41) is 9.68. The average molecular weight is 432 g/mol. The topological polar surface area (TPSA) is 97.5 Å². The molecule has 0 heterocycles. The third-order valence-electron chi connectivity index (χ3n) is 5.43. The number of aliphatic carboxylic acids is 1. The van der Waals surface area contributed by atoms with Crippen molar-refractivity contribution in [3.63, 3.8) is 0 Å². The SMILES string of the molecule is CCCCc1ccc(CC(N)(CCCCCS(=O)(=O)c2ccccc2)C(=O)O)cc1. The van der Waals surface area contributed by atoms with Crippen LogP contribution in [0.15, 0.2) is 59.5 Å². The van der Waals surface area contributed by atoms with Gasteiger partial charge in [-0.05, 0) is 48.9 Å². The van der Waals surface area contributed by atoms with Crippen LogP contribution in [0.25, 0.3) is 0 Å². The van der Waals surface area contributed by atoms with Crippen molar-refractivity contribution in [3.05, 3.63) is 65.7 Å². The summed E-state index contributed by atoms with van der Waals surface area (Å²) in [7, 11) is -3.30. The van der Waals surface area contributed by atoms with Crippen LogP contribution < -0.4 is 5.73 Å². The summed E-state index contributed by atoms with van der Waals surface area (Å²) in [4.78, 5) is 12.1. The summed E-state index contributed by atoms with van der Waals surface area (Å²) in [6.45, 7) is 2.15. The molecule has 1 unspecified atom stereocenters. The molecule has 0 amide bonds. The van der Waals surface area contributed by atoms with Gasteiger partial charge in [-0.25, -0.2) is 8.42 Å². The van der Waals surface area contributed by atoms with Gasteiger partial charge in [-0.2, -0.15) is 0 Å². The number of unbranched alkanes of at least 4 members (excludes halogenated alkanes) is 3. The van der Waals surface area contributed by atoms with E-state index >= 15 is 0 Å². The van der Waals surface area contributed by atoms with Gasteiger partial charge in [0.05, 0.1) is 10.6 Å². The van der Waals surface area contributed by atoms with E-state index < -0.39 is 21.3 Å². The molecule has 3 N–H and O–H groups in total. The van der Waals surface area contributed by atoms with E-state index in [1.165, 1.54) is 5.56 Å². The number of benzene rings is 2. The number of carboxylic acid groups (broad SMARTS) is 1. The maximum atomic E-state index is 12.3. The van der Waals surface area contributed by atoms with Gasteiger partial charge >= 0.3 is 5.97 Å². The van der Waals surface area contributed by atoms with Crippen molar-refractivity contribution in [1.82, 2.24) is 0 Å². The van der Waals surface area contributed by atoms with E-state index in [4.69, 9.17) is 5.73 Å². The number of hydrogen-bond donors (Lipinski definition) is 2. The third-order valence-corrected chi connectivity index (χ3v) is 7.24. The lowest BCUT2D eigenvalue weighted by atomic mass is 9.86. The Balaban J connectivity index is 1.85. The number of carbonyl (C=O) groups is 1. The quantitative estimate of drug-likeness (QED) is 0.459. The molecule has 0 aliphatic carbocycles. The molecule has 0 bridgehead atoms. The van der Waals surface area contributed by atoms with Crippen LogP contribution in [0.5, 0.6) is 0 Å². The number of nitrogens with two attached hydrogens (primary N) is 1. The fraction of sp³-hybridized carbons (Fsp3) is 0.458. The molecule has 1 atom stereocenters. The van der Waals surface area contributed by atoms with E-state index in [0.717, 1.165) is 24.8 Å². The number of carboxylic acids is 1. The van der Waals surface area contributed by atoms with Crippen molar-refractivity contribution in [2.75, 3.05) is 5.75 Å². The van der Waals surface area contributed by atoms with Crippen LogP contribution in [0.4, 0.5) is 0 Å². The number of sulfone groups is 1. The molecule has 2 aromatic carbocycles. The van der Waals surface area contributed by atoms with Crippen molar-refractivity contribution in [3.8, 4) is 0 Å². The molecule has 0 saturated heterocycles. The van der Waals surface area contributed by atoms with Gasteiger partial charge in [-0.15, -0.1) is 0 Å². The minimum absolute atomic E-state index is 0.0564. The van der Waals surface area contributed by atoms with Gasteiger partial charge in [-0.3, -0.25) is 4.79 Å². The van der Waals surface area contributed by atoms with Gasteiger partial charge in [-0.1, -0.05) is 68.7 Å². The fourth-order valence-corrected chi connectivity index (χ4v) is 4.89. The standard InChI is InChI=1S/C24H33NO4S/c1-2-3-10-20-13-15-21(16-14-20)19-24(25,23(26)27)17-8-5-9-18-30(28,29)22-11-6-4-7-12-22/h4,6-7,11-16H,2-3,5,8-10,17-19,25H2,1H3,(H,26,27). The third kappa shape index (κ3) is 7.26. The van der Waals surface area contributed by atoms with Gasteiger partial charge in [0, 0.05) is 6.42 Å². The van der Waals surface area contributed by atoms with Crippen molar-refractivity contribution in [2.45, 2.75) is 68.7 Å². The van der Waals surface area contributed by atoms with Gasteiger partial charge in [0.2, 0.25) is 0 Å². The van der Waals surface area contributed by atoms with Gasteiger partial charge in [0.1, 0.15) is 5.54 Å². The highest BCUT2D eigenvalue weighted by atomic mass is 32.2. The highest BCUT2D eigenvalue weighted by Crippen LogP contribution is 2.21.